The topological polar surface area (TPSA) is 0 Å². The molecule has 0 amide bonds. The molecule has 0 aliphatic rings. The van der Waals surface area contributed by atoms with Gasteiger partial charge in [0.2, 0.25) is 0 Å². The third-order valence-electron chi connectivity index (χ3n) is 2.71. The largest absolute Gasteiger partial charge is 0.247 e. The lowest BCUT2D eigenvalue weighted by atomic mass is 9.76. The number of hydrogen-bond donors (Lipinski definition) is 1. The van der Waals surface area contributed by atoms with E-state index >= 15 is 0 Å². The van der Waals surface area contributed by atoms with Gasteiger partial charge in [-0.2, -0.15) is 12.6 Å². The first-order chi connectivity index (χ1) is 5.45. The Hall–Kier alpha value is 0.0200. The fraction of sp³-hybridized carbons (Fsp3) is 0.800. The molecule has 0 radical (unpaired) electrons. The molecule has 2 atom stereocenters. The number of halogens is 1. The summed E-state index contributed by atoms with van der Waals surface area (Å²) >= 11 is 4.12. The molecule has 2 unspecified atom stereocenters. The lowest BCUT2D eigenvalue weighted by Gasteiger charge is -2.31. The van der Waals surface area contributed by atoms with Crippen LogP contribution in [0.25, 0.3) is 0 Å². The van der Waals surface area contributed by atoms with Crippen molar-refractivity contribution in [2.75, 3.05) is 5.75 Å². The summed E-state index contributed by atoms with van der Waals surface area (Å²) in [6.45, 7) is 9.27. The van der Waals surface area contributed by atoms with Crippen LogP contribution < -0.4 is 0 Å². The summed E-state index contributed by atoms with van der Waals surface area (Å²) < 4.78 is 13.2. The SMILES string of the molecule is C=C(C)C(C)(CCCS)C(C)F. The molecule has 0 aromatic rings. The first-order valence-corrected chi connectivity index (χ1v) is 4.99. The second kappa shape index (κ2) is 4.90. The van der Waals surface area contributed by atoms with Crippen LogP contribution in [0.2, 0.25) is 0 Å². The zero-order chi connectivity index (χ0) is 9.78. The van der Waals surface area contributed by atoms with Gasteiger partial charge >= 0.3 is 0 Å². The van der Waals surface area contributed by atoms with Crippen LogP contribution in [0.1, 0.15) is 33.6 Å². The number of alkyl halides is 1. The molecule has 12 heavy (non-hydrogen) atoms. The molecule has 0 N–H and O–H groups in total. The molecule has 0 nitrogen and oxygen atoms in total. The molecule has 0 spiro atoms. The lowest BCUT2D eigenvalue weighted by molar-refractivity contribution is 0.167. The van der Waals surface area contributed by atoms with Gasteiger partial charge in [-0.25, -0.2) is 4.39 Å². The fourth-order valence-corrected chi connectivity index (χ4v) is 1.36. The van der Waals surface area contributed by atoms with E-state index in [1.54, 1.807) is 6.92 Å². The molecule has 0 aromatic heterocycles. The quantitative estimate of drug-likeness (QED) is 0.496. The van der Waals surface area contributed by atoms with Gasteiger partial charge < -0.3 is 0 Å². The third kappa shape index (κ3) is 2.81. The van der Waals surface area contributed by atoms with E-state index in [9.17, 15) is 4.39 Å². The highest BCUT2D eigenvalue weighted by atomic mass is 32.1. The Morgan fingerprint density at radius 1 is 1.67 bits per heavy atom. The van der Waals surface area contributed by atoms with Crippen molar-refractivity contribution in [1.29, 1.82) is 0 Å². The molecule has 0 aromatic carbocycles. The van der Waals surface area contributed by atoms with E-state index < -0.39 is 6.17 Å². The monoisotopic (exact) mass is 190 g/mol. The summed E-state index contributed by atoms with van der Waals surface area (Å²) in [5, 5.41) is 0. The van der Waals surface area contributed by atoms with Crippen LogP contribution in [0, 0.1) is 5.41 Å². The molecule has 0 saturated carbocycles. The second-order valence-electron chi connectivity index (χ2n) is 3.64. The first-order valence-electron chi connectivity index (χ1n) is 4.36. The predicted molar refractivity (Wildman–Crippen MR) is 56.6 cm³/mol. The molecule has 0 aliphatic heterocycles. The fourth-order valence-electron chi connectivity index (χ4n) is 1.20. The first kappa shape index (κ1) is 12.0. The highest BCUT2D eigenvalue weighted by molar-refractivity contribution is 7.80. The molecule has 2 heteroatoms. The van der Waals surface area contributed by atoms with Gasteiger partial charge in [0.15, 0.2) is 0 Å². The maximum Gasteiger partial charge on any atom is 0.106 e. The Labute approximate surface area is 80.7 Å². The Bertz CT molecular complexity index is 154. The second-order valence-corrected chi connectivity index (χ2v) is 4.09. The molecule has 0 heterocycles. The molecule has 0 aliphatic carbocycles. The van der Waals surface area contributed by atoms with E-state index in [0.29, 0.717) is 0 Å². The van der Waals surface area contributed by atoms with Crippen molar-refractivity contribution >= 4 is 12.6 Å². The number of hydrogen-bond acceptors (Lipinski definition) is 1. The van der Waals surface area contributed by atoms with Gasteiger partial charge in [-0.1, -0.05) is 19.1 Å². The van der Waals surface area contributed by atoms with Crippen molar-refractivity contribution < 1.29 is 4.39 Å². The van der Waals surface area contributed by atoms with Crippen LogP contribution >= 0.6 is 12.6 Å². The van der Waals surface area contributed by atoms with Crippen molar-refractivity contribution in [2.45, 2.75) is 39.8 Å². The Balaban J connectivity index is 4.29. The van der Waals surface area contributed by atoms with Crippen molar-refractivity contribution in [3.05, 3.63) is 12.2 Å². The Kier molecular flexibility index (Phi) is 4.91. The highest BCUT2D eigenvalue weighted by Gasteiger charge is 2.31. The van der Waals surface area contributed by atoms with E-state index in [-0.39, 0.29) is 5.41 Å². The Morgan fingerprint density at radius 2 is 2.17 bits per heavy atom. The normalized spacial score (nSPS) is 18.4. The minimum absolute atomic E-state index is 0.358. The predicted octanol–water partition coefficient (Wildman–Crippen LogP) is 3.64. The van der Waals surface area contributed by atoms with Crippen LogP contribution in [0.15, 0.2) is 12.2 Å². The maximum absolute atomic E-state index is 13.2. The van der Waals surface area contributed by atoms with Crippen LogP contribution in [-0.4, -0.2) is 11.9 Å². The minimum atomic E-state index is -0.824. The summed E-state index contributed by atoms with van der Waals surface area (Å²) in [4.78, 5) is 0. The molecule has 0 bridgehead atoms. The van der Waals surface area contributed by atoms with Crippen molar-refractivity contribution in [1.82, 2.24) is 0 Å². The van der Waals surface area contributed by atoms with Gasteiger partial charge in [0.25, 0.3) is 0 Å². The smallest absolute Gasteiger partial charge is 0.106 e. The number of rotatable bonds is 5. The maximum atomic E-state index is 13.2. The van der Waals surface area contributed by atoms with E-state index in [0.717, 1.165) is 24.2 Å². The third-order valence-corrected chi connectivity index (χ3v) is 3.02. The standard InChI is InChI=1S/C10H19FS/c1-8(2)10(4,9(3)11)6-5-7-12/h9,12H,1,5-7H2,2-4H3. The molecule has 0 saturated heterocycles. The van der Waals surface area contributed by atoms with Gasteiger partial charge in [0, 0.05) is 5.41 Å². The van der Waals surface area contributed by atoms with Gasteiger partial charge in [0.1, 0.15) is 6.17 Å². The molecule has 0 rings (SSSR count). The summed E-state index contributed by atoms with van der Waals surface area (Å²) in [6, 6.07) is 0. The van der Waals surface area contributed by atoms with E-state index in [4.69, 9.17) is 0 Å². The lowest BCUT2D eigenvalue weighted by Crippen LogP contribution is -2.27. The molecule has 0 fully saturated rings. The van der Waals surface area contributed by atoms with Crippen molar-refractivity contribution in [3.63, 3.8) is 0 Å². The van der Waals surface area contributed by atoms with E-state index in [2.05, 4.69) is 19.2 Å². The zero-order valence-electron chi connectivity index (χ0n) is 8.23. The average molecular weight is 190 g/mol. The molecular weight excluding hydrogens is 171 g/mol. The van der Waals surface area contributed by atoms with Gasteiger partial charge in [-0.3, -0.25) is 0 Å². The van der Waals surface area contributed by atoms with Crippen LogP contribution in [-0.2, 0) is 0 Å². The highest BCUT2D eigenvalue weighted by Crippen LogP contribution is 2.36. The average Bonchev–Trinajstić information content (AvgIpc) is 1.99. The number of allylic oxidation sites excluding steroid dienone is 1. The summed E-state index contributed by atoms with van der Waals surface area (Å²) in [7, 11) is 0. The minimum Gasteiger partial charge on any atom is -0.247 e. The van der Waals surface area contributed by atoms with Crippen LogP contribution in [0.3, 0.4) is 0 Å². The van der Waals surface area contributed by atoms with Crippen molar-refractivity contribution in [2.24, 2.45) is 5.41 Å². The molecular formula is C10H19FS. The summed E-state index contributed by atoms with van der Waals surface area (Å²) in [5.74, 6) is 0.815. The summed E-state index contributed by atoms with van der Waals surface area (Å²) in [6.07, 6.45) is 0.958. The van der Waals surface area contributed by atoms with Crippen LogP contribution in [0.4, 0.5) is 4.39 Å². The Morgan fingerprint density at radius 3 is 2.42 bits per heavy atom. The van der Waals surface area contributed by atoms with Gasteiger partial charge in [-0.05, 0) is 32.4 Å². The van der Waals surface area contributed by atoms with E-state index in [1.807, 2.05) is 13.8 Å². The van der Waals surface area contributed by atoms with Gasteiger partial charge in [-0.15, -0.1) is 0 Å². The van der Waals surface area contributed by atoms with Crippen molar-refractivity contribution in [3.8, 4) is 0 Å². The van der Waals surface area contributed by atoms with Gasteiger partial charge in [0.05, 0.1) is 0 Å². The molecule has 72 valence electrons. The van der Waals surface area contributed by atoms with E-state index in [1.165, 1.54) is 0 Å². The summed E-state index contributed by atoms with van der Waals surface area (Å²) in [5.41, 5.74) is 0.571. The number of thiol groups is 1. The zero-order valence-corrected chi connectivity index (χ0v) is 9.13. The van der Waals surface area contributed by atoms with Crippen LogP contribution in [0.5, 0.6) is 0 Å².